The molecule has 2 rings (SSSR count). The number of hydrogen-bond donors (Lipinski definition) is 1. The van der Waals surface area contributed by atoms with Gasteiger partial charge in [0, 0.05) is 12.2 Å². The van der Waals surface area contributed by atoms with E-state index in [1.165, 1.54) is 134 Å². The summed E-state index contributed by atoms with van der Waals surface area (Å²) in [5, 5.41) is 3.37. The Bertz CT molecular complexity index is 743. The molecule has 0 amide bonds. The second-order valence-corrected chi connectivity index (χ2v) is 11.7. The summed E-state index contributed by atoms with van der Waals surface area (Å²) in [4.78, 5) is 22.9. The second kappa shape index (κ2) is 20.3. The van der Waals surface area contributed by atoms with Gasteiger partial charge >= 0.3 is 0 Å². The van der Waals surface area contributed by atoms with Crippen LogP contribution in [-0.2, 0) is 16.0 Å². The SMILES string of the molecule is CCCCCCCCCCCCC(CCCCCCCCCC)Cc1ccc2c(c1)NCC2C(=O)C=O. The molecule has 0 aromatic heterocycles. The van der Waals surface area contributed by atoms with Crippen LogP contribution < -0.4 is 5.32 Å². The highest BCUT2D eigenvalue weighted by molar-refractivity contribution is 6.28. The summed E-state index contributed by atoms with van der Waals surface area (Å²) in [5.41, 5.74) is 3.43. The fourth-order valence-corrected chi connectivity index (χ4v) is 6.01. The molecular formula is C34H57NO2. The van der Waals surface area contributed by atoms with Crippen molar-refractivity contribution in [3.63, 3.8) is 0 Å². The molecule has 3 nitrogen and oxygen atoms in total. The first kappa shape index (κ1) is 31.6. The Balaban J connectivity index is 1.76. The first-order valence-electron chi connectivity index (χ1n) is 16.0. The number of nitrogens with one attached hydrogen (secondary N) is 1. The highest BCUT2D eigenvalue weighted by atomic mass is 16.2. The van der Waals surface area contributed by atoms with Crippen LogP contribution >= 0.6 is 0 Å². The van der Waals surface area contributed by atoms with E-state index >= 15 is 0 Å². The lowest BCUT2D eigenvalue weighted by Crippen LogP contribution is -2.15. The zero-order chi connectivity index (χ0) is 26.6. The third-order valence-corrected chi connectivity index (χ3v) is 8.41. The molecule has 0 spiro atoms. The average molecular weight is 512 g/mol. The first-order valence-corrected chi connectivity index (χ1v) is 16.0. The fourth-order valence-electron chi connectivity index (χ4n) is 6.01. The van der Waals surface area contributed by atoms with Gasteiger partial charge in [0.1, 0.15) is 0 Å². The van der Waals surface area contributed by atoms with Gasteiger partial charge in [-0.05, 0) is 29.5 Å². The van der Waals surface area contributed by atoms with Crippen molar-refractivity contribution in [2.45, 2.75) is 155 Å². The molecule has 1 N–H and O–H groups in total. The molecule has 1 aromatic rings. The van der Waals surface area contributed by atoms with Crippen LogP contribution in [0.2, 0.25) is 0 Å². The molecule has 210 valence electrons. The highest BCUT2D eigenvalue weighted by Crippen LogP contribution is 2.34. The van der Waals surface area contributed by atoms with Crippen LogP contribution in [0.5, 0.6) is 0 Å². The molecule has 3 heteroatoms. The molecular weight excluding hydrogens is 454 g/mol. The van der Waals surface area contributed by atoms with Crippen LogP contribution in [0.4, 0.5) is 5.69 Å². The molecule has 1 aliphatic rings. The largest absolute Gasteiger partial charge is 0.384 e. The summed E-state index contributed by atoms with van der Waals surface area (Å²) < 4.78 is 0. The Kier molecular flexibility index (Phi) is 17.4. The van der Waals surface area contributed by atoms with E-state index in [4.69, 9.17) is 0 Å². The van der Waals surface area contributed by atoms with Crippen molar-refractivity contribution in [2.24, 2.45) is 5.92 Å². The number of carbonyl (C=O) groups excluding carboxylic acids is 2. The van der Waals surface area contributed by atoms with E-state index in [2.05, 4.69) is 37.4 Å². The molecule has 1 aliphatic heterocycles. The number of benzene rings is 1. The van der Waals surface area contributed by atoms with Crippen LogP contribution in [0.15, 0.2) is 18.2 Å². The number of unbranched alkanes of at least 4 members (excludes halogenated alkanes) is 16. The smallest absolute Gasteiger partial charge is 0.204 e. The topological polar surface area (TPSA) is 46.2 Å². The van der Waals surface area contributed by atoms with Crippen molar-refractivity contribution in [2.75, 3.05) is 11.9 Å². The molecule has 0 saturated heterocycles. The van der Waals surface area contributed by atoms with Gasteiger partial charge in [-0.2, -0.15) is 0 Å². The van der Waals surface area contributed by atoms with Gasteiger partial charge in [0.05, 0.1) is 5.92 Å². The third kappa shape index (κ3) is 13.1. The lowest BCUT2D eigenvalue weighted by atomic mass is 9.87. The quantitative estimate of drug-likeness (QED) is 0.0853. The number of anilines is 1. The summed E-state index contributed by atoms with van der Waals surface area (Å²) in [7, 11) is 0. The minimum atomic E-state index is -0.312. The Morgan fingerprint density at radius 3 is 1.76 bits per heavy atom. The van der Waals surface area contributed by atoms with Crippen molar-refractivity contribution in [3.05, 3.63) is 29.3 Å². The van der Waals surface area contributed by atoms with E-state index in [0.29, 0.717) is 12.8 Å². The molecule has 1 aromatic carbocycles. The van der Waals surface area contributed by atoms with Crippen LogP contribution in [0.25, 0.3) is 0 Å². The Labute approximate surface area is 229 Å². The number of aldehydes is 1. The van der Waals surface area contributed by atoms with Crippen molar-refractivity contribution in [1.82, 2.24) is 0 Å². The van der Waals surface area contributed by atoms with Crippen LogP contribution in [0.1, 0.15) is 159 Å². The van der Waals surface area contributed by atoms with Crippen LogP contribution in [0.3, 0.4) is 0 Å². The minimum Gasteiger partial charge on any atom is -0.384 e. The molecule has 0 aliphatic carbocycles. The zero-order valence-corrected chi connectivity index (χ0v) is 24.3. The number of rotatable bonds is 24. The van der Waals surface area contributed by atoms with E-state index in [0.717, 1.165) is 23.6 Å². The summed E-state index contributed by atoms with van der Waals surface area (Å²) >= 11 is 0. The minimum absolute atomic E-state index is 0.304. The lowest BCUT2D eigenvalue weighted by Gasteiger charge is -2.18. The van der Waals surface area contributed by atoms with Gasteiger partial charge in [-0.25, -0.2) is 0 Å². The maximum absolute atomic E-state index is 11.9. The van der Waals surface area contributed by atoms with E-state index < -0.39 is 0 Å². The molecule has 0 bridgehead atoms. The van der Waals surface area contributed by atoms with Crippen molar-refractivity contribution < 1.29 is 9.59 Å². The van der Waals surface area contributed by atoms with Gasteiger partial charge in [0.25, 0.3) is 0 Å². The number of hydrogen-bond acceptors (Lipinski definition) is 3. The summed E-state index contributed by atoms with van der Waals surface area (Å²) in [6.45, 7) is 5.13. The monoisotopic (exact) mass is 511 g/mol. The molecule has 0 fully saturated rings. The van der Waals surface area contributed by atoms with Gasteiger partial charge in [-0.1, -0.05) is 154 Å². The van der Waals surface area contributed by atoms with E-state index in [1.54, 1.807) is 0 Å². The fraction of sp³-hybridized carbons (Fsp3) is 0.765. The lowest BCUT2D eigenvalue weighted by molar-refractivity contribution is -0.130. The summed E-state index contributed by atoms with van der Waals surface area (Å²) in [6, 6.07) is 6.54. The molecule has 37 heavy (non-hydrogen) atoms. The summed E-state index contributed by atoms with van der Waals surface area (Å²) in [6.07, 6.45) is 29.3. The van der Waals surface area contributed by atoms with Crippen molar-refractivity contribution in [1.29, 1.82) is 0 Å². The van der Waals surface area contributed by atoms with Gasteiger partial charge in [0.15, 0.2) is 6.29 Å². The van der Waals surface area contributed by atoms with Crippen molar-refractivity contribution in [3.8, 4) is 0 Å². The van der Waals surface area contributed by atoms with Crippen molar-refractivity contribution >= 4 is 17.8 Å². The average Bonchev–Trinajstić information content (AvgIpc) is 3.34. The van der Waals surface area contributed by atoms with Crippen LogP contribution in [0, 0.1) is 5.92 Å². The van der Waals surface area contributed by atoms with Gasteiger partial charge in [-0.3, -0.25) is 9.59 Å². The standard InChI is InChI=1S/C34H57NO2/c1-3-5-7-9-11-13-14-16-18-20-22-29(21-19-17-15-12-10-8-6-4-2)25-30-23-24-31-32(34(37)28-36)27-35-33(31)26-30/h23-24,26,28-29,32,35H,3-22,25,27H2,1-2H3. The predicted octanol–water partition coefficient (Wildman–Crippen LogP) is 9.96. The van der Waals surface area contributed by atoms with E-state index in [-0.39, 0.29) is 11.7 Å². The third-order valence-electron chi connectivity index (χ3n) is 8.41. The Morgan fingerprint density at radius 1 is 0.784 bits per heavy atom. The number of fused-ring (bicyclic) bond motifs is 1. The van der Waals surface area contributed by atoms with Gasteiger partial charge in [0.2, 0.25) is 5.78 Å². The molecule has 0 radical (unpaired) electrons. The number of Topliss-reactive ketones (excluding diaryl/α,β-unsaturated/α-hetero) is 1. The normalized spacial score (nSPS) is 15.4. The molecule has 2 unspecified atom stereocenters. The summed E-state index contributed by atoms with van der Waals surface area (Å²) in [5.74, 6) is 0.134. The molecule has 2 atom stereocenters. The van der Waals surface area contributed by atoms with Crippen LogP contribution in [-0.4, -0.2) is 18.6 Å². The maximum atomic E-state index is 11.9. The van der Waals surface area contributed by atoms with Gasteiger partial charge < -0.3 is 5.32 Å². The second-order valence-electron chi connectivity index (χ2n) is 11.7. The number of carbonyl (C=O) groups is 2. The Hall–Kier alpha value is -1.64. The van der Waals surface area contributed by atoms with E-state index in [9.17, 15) is 9.59 Å². The highest BCUT2D eigenvalue weighted by Gasteiger charge is 2.28. The van der Waals surface area contributed by atoms with Gasteiger partial charge in [-0.15, -0.1) is 0 Å². The molecule has 0 saturated carbocycles. The Morgan fingerprint density at radius 2 is 1.27 bits per heavy atom. The van der Waals surface area contributed by atoms with E-state index in [1.807, 2.05) is 0 Å². The maximum Gasteiger partial charge on any atom is 0.204 e. The first-order chi connectivity index (χ1) is 18.2. The number of ketones is 1. The zero-order valence-electron chi connectivity index (χ0n) is 24.3. The predicted molar refractivity (Wildman–Crippen MR) is 160 cm³/mol. The molecule has 1 heterocycles.